The zero-order chi connectivity index (χ0) is 11.1. The topological polar surface area (TPSA) is 3.24 Å². The standard InChI is InChI=1S/C11H18ClNS2/c1-13(7-3-2-4-8-14)9-10-5-6-11(12)15-10/h5-6,14H,2-4,7-9H2,1H3. The van der Waals surface area contributed by atoms with E-state index in [-0.39, 0.29) is 0 Å². The maximum absolute atomic E-state index is 5.88. The Bertz CT molecular complexity index is 275. The molecular formula is C11H18ClNS2. The smallest absolute Gasteiger partial charge is 0.0931 e. The quantitative estimate of drug-likeness (QED) is 0.576. The first-order valence-electron chi connectivity index (χ1n) is 5.26. The molecule has 15 heavy (non-hydrogen) atoms. The van der Waals surface area contributed by atoms with Gasteiger partial charge in [-0.05, 0) is 44.3 Å². The van der Waals surface area contributed by atoms with E-state index in [0.29, 0.717) is 0 Å². The second-order valence-corrected chi connectivity index (χ2v) is 5.97. The summed E-state index contributed by atoms with van der Waals surface area (Å²) in [5.41, 5.74) is 0. The lowest BCUT2D eigenvalue weighted by Gasteiger charge is -2.14. The van der Waals surface area contributed by atoms with Gasteiger partial charge in [-0.15, -0.1) is 11.3 Å². The minimum atomic E-state index is 0.883. The molecule has 0 aromatic carbocycles. The van der Waals surface area contributed by atoms with Crippen LogP contribution in [0.15, 0.2) is 12.1 Å². The molecule has 0 amide bonds. The Morgan fingerprint density at radius 2 is 2.13 bits per heavy atom. The fraction of sp³-hybridized carbons (Fsp3) is 0.636. The van der Waals surface area contributed by atoms with Crippen LogP contribution >= 0.6 is 35.6 Å². The first-order chi connectivity index (χ1) is 7.22. The Morgan fingerprint density at radius 3 is 2.73 bits per heavy atom. The molecule has 0 radical (unpaired) electrons. The first-order valence-corrected chi connectivity index (χ1v) is 7.08. The largest absolute Gasteiger partial charge is 0.301 e. The molecule has 1 rings (SSSR count). The molecule has 0 saturated heterocycles. The third kappa shape index (κ3) is 5.81. The van der Waals surface area contributed by atoms with Gasteiger partial charge in [0.25, 0.3) is 0 Å². The SMILES string of the molecule is CN(CCCCCS)Cc1ccc(Cl)s1. The van der Waals surface area contributed by atoms with Crippen molar-refractivity contribution in [1.29, 1.82) is 0 Å². The van der Waals surface area contributed by atoms with Crippen molar-refractivity contribution < 1.29 is 0 Å². The molecule has 86 valence electrons. The van der Waals surface area contributed by atoms with Crippen LogP contribution in [0, 0.1) is 0 Å². The predicted molar refractivity (Wildman–Crippen MR) is 73.4 cm³/mol. The lowest BCUT2D eigenvalue weighted by Crippen LogP contribution is -2.18. The molecular weight excluding hydrogens is 246 g/mol. The van der Waals surface area contributed by atoms with E-state index in [1.54, 1.807) is 11.3 Å². The summed E-state index contributed by atoms with van der Waals surface area (Å²) in [6, 6.07) is 4.08. The summed E-state index contributed by atoms with van der Waals surface area (Å²) < 4.78 is 0.883. The number of nitrogens with zero attached hydrogens (tertiary/aromatic N) is 1. The van der Waals surface area contributed by atoms with Crippen LogP contribution in [0.2, 0.25) is 4.34 Å². The summed E-state index contributed by atoms with van der Waals surface area (Å²) >= 11 is 11.8. The maximum atomic E-state index is 5.88. The van der Waals surface area contributed by atoms with Crippen LogP contribution < -0.4 is 0 Å². The molecule has 1 aromatic rings. The van der Waals surface area contributed by atoms with Gasteiger partial charge in [0.2, 0.25) is 0 Å². The van der Waals surface area contributed by atoms with E-state index in [2.05, 4.69) is 30.6 Å². The Hall–Kier alpha value is 0.300. The van der Waals surface area contributed by atoms with Gasteiger partial charge in [-0.25, -0.2) is 0 Å². The van der Waals surface area contributed by atoms with Gasteiger partial charge >= 0.3 is 0 Å². The summed E-state index contributed by atoms with van der Waals surface area (Å²) in [6.07, 6.45) is 3.76. The molecule has 0 atom stereocenters. The highest BCUT2D eigenvalue weighted by molar-refractivity contribution is 7.80. The van der Waals surface area contributed by atoms with Crippen molar-refractivity contribution in [2.45, 2.75) is 25.8 Å². The number of thiophene rings is 1. The fourth-order valence-corrected chi connectivity index (χ4v) is 2.84. The second kappa shape index (κ2) is 7.55. The zero-order valence-electron chi connectivity index (χ0n) is 9.08. The van der Waals surface area contributed by atoms with E-state index < -0.39 is 0 Å². The average Bonchev–Trinajstić information content (AvgIpc) is 2.59. The van der Waals surface area contributed by atoms with E-state index in [1.165, 1.54) is 24.1 Å². The zero-order valence-corrected chi connectivity index (χ0v) is 11.5. The van der Waals surface area contributed by atoms with Crippen LogP contribution in [-0.4, -0.2) is 24.2 Å². The van der Waals surface area contributed by atoms with Crippen molar-refractivity contribution in [2.24, 2.45) is 0 Å². The predicted octanol–water partition coefficient (Wildman–Crippen LogP) is 3.93. The molecule has 0 aliphatic rings. The number of hydrogen-bond donors (Lipinski definition) is 1. The second-order valence-electron chi connectivity index (χ2n) is 3.73. The van der Waals surface area contributed by atoms with Gasteiger partial charge in [-0.2, -0.15) is 12.6 Å². The molecule has 0 aliphatic heterocycles. The van der Waals surface area contributed by atoms with E-state index in [0.717, 1.165) is 23.2 Å². The van der Waals surface area contributed by atoms with Crippen LogP contribution in [0.4, 0.5) is 0 Å². The van der Waals surface area contributed by atoms with Gasteiger partial charge in [0, 0.05) is 11.4 Å². The van der Waals surface area contributed by atoms with E-state index >= 15 is 0 Å². The first kappa shape index (κ1) is 13.4. The molecule has 0 unspecified atom stereocenters. The van der Waals surface area contributed by atoms with E-state index in [4.69, 9.17) is 11.6 Å². The van der Waals surface area contributed by atoms with Gasteiger partial charge in [0.15, 0.2) is 0 Å². The molecule has 0 N–H and O–H groups in total. The Kier molecular flexibility index (Phi) is 6.73. The van der Waals surface area contributed by atoms with Crippen LogP contribution in [0.1, 0.15) is 24.1 Å². The minimum Gasteiger partial charge on any atom is -0.301 e. The van der Waals surface area contributed by atoms with Crippen LogP contribution in [-0.2, 0) is 6.54 Å². The lowest BCUT2D eigenvalue weighted by atomic mass is 10.2. The monoisotopic (exact) mass is 263 g/mol. The van der Waals surface area contributed by atoms with Crippen molar-refractivity contribution >= 4 is 35.6 Å². The van der Waals surface area contributed by atoms with Crippen LogP contribution in [0.25, 0.3) is 0 Å². The third-order valence-corrected chi connectivity index (χ3v) is 3.78. The van der Waals surface area contributed by atoms with Crippen LogP contribution in [0.5, 0.6) is 0 Å². The highest BCUT2D eigenvalue weighted by Gasteiger charge is 2.02. The van der Waals surface area contributed by atoms with Crippen molar-refractivity contribution in [3.05, 3.63) is 21.3 Å². The average molecular weight is 264 g/mol. The number of hydrogen-bond acceptors (Lipinski definition) is 3. The molecule has 0 saturated carbocycles. The molecule has 0 spiro atoms. The van der Waals surface area contributed by atoms with Gasteiger partial charge < -0.3 is 4.90 Å². The number of rotatable bonds is 7. The Balaban J connectivity index is 2.15. The molecule has 1 nitrogen and oxygen atoms in total. The molecule has 0 fully saturated rings. The molecule has 1 heterocycles. The van der Waals surface area contributed by atoms with Crippen molar-refractivity contribution in [3.63, 3.8) is 0 Å². The lowest BCUT2D eigenvalue weighted by molar-refractivity contribution is 0.321. The highest BCUT2D eigenvalue weighted by atomic mass is 35.5. The third-order valence-electron chi connectivity index (χ3n) is 2.25. The highest BCUT2D eigenvalue weighted by Crippen LogP contribution is 2.22. The van der Waals surface area contributed by atoms with Gasteiger partial charge in [0.1, 0.15) is 0 Å². The number of unbranched alkanes of at least 4 members (excludes halogenated alkanes) is 2. The molecule has 4 heteroatoms. The number of halogens is 1. The molecule has 0 bridgehead atoms. The van der Waals surface area contributed by atoms with Crippen LogP contribution in [0.3, 0.4) is 0 Å². The summed E-state index contributed by atoms with van der Waals surface area (Å²) in [6.45, 7) is 2.17. The van der Waals surface area contributed by atoms with E-state index in [1.807, 2.05) is 6.07 Å². The normalized spacial score (nSPS) is 11.2. The maximum Gasteiger partial charge on any atom is 0.0931 e. The van der Waals surface area contributed by atoms with Gasteiger partial charge in [-0.1, -0.05) is 18.0 Å². The Labute approximate surface area is 107 Å². The summed E-state index contributed by atoms with van der Waals surface area (Å²) in [7, 11) is 2.16. The summed E-state index contributed by atoms with van der Waals surface area (Å²) in [4.78, 5) is 3.69. The van der Waals surface area contributed by atoms with Gasteiger partial charge in [0.05, 0.1) is 4.34 Å². The van der Waals surface area contributed by atoms with Crippen molar-refractivity contribution in [3.8, 4) is 0 Å². The molecule has 1 aromatic heterocycles. The Morgan fingerprint density at radius 1 is 1.33 bits per heavy atom. The minimum absolute atomic E-state index is 0.883. The van der Waals surface area contributed by atoms with Crippen molar-refractivity contribution in [2.75, 3.05) is 19.3 Å². The summed E-state index contributed by atoms with van der Waals surface area (Å²) in [5.74, 6) is 1.00. The number of thiol groups is 1. The van der Waals surface area contributed by atoms with E-state index in [9.17, 15) is 0 Å². The van der Waals surface area contributed by atoms with Gasteiger partial charge in [-0.3, -0.25) is 0 Å². The van der Waals surface area contributed by atoms with Crippen molar-refractivity contribution in [1.82, 2.24) is 4.90 Å². The summed E-state index contributed by atoms with van der Waals surface area (Å²) in [5, 5.41) is 0. The molecule has 0 aliphatic carbocycles. The fourth-order valence-electron chi connectivity index (χ4n) is 1.45.